The summed E-state index contributed by atoms with van der Waals surface area (Å²) in [5.74, 6) is -0.765. The van der Waals surface area contributed by atoms with Gasteiger partial charge in [-0.3, -0.25) is 4.79 Å². The first-order valence-electron chi connectivity index (χ1n) is 4.54. The zero-order valence-electron chi connectivity index (χ0n) is 8.40. The van der Waals surface area contributed by atoms with Crippen molar-refractivity contribution in [2.24, 2.45) is 0 Å². The lowest BCUT2D eigenvalue weighted by Crippen LogP contribution is -1.97. The molecule has 0 radical (unpaired) electrons. The zero-order valence-corrected chi connectivity index (χ0v) is 10.0. The fourth-order valence-corrected chi connectivity index (χ4v) is 2.94. The van der Waals surface area contributed by atoms with Crippen LogP contribution in [0.5, 0.6) is 0 Å². The summed E-state index contributed by atoms with van der Waals surface area (Å²) in [5.41, 5.74) is 0. The number of thiazole rings is 1. The number of fused-ring (bicyclic) bond motifs is 1. The lowest BCUT2D eigenvalue weighted by Gasteiger charge is -1.96. The summed E-state index contributed by atoms with van der Waals surface area (Å²) in [6, 6.07) is 0. The summed E-state index contributed by atoms with van der Waals surface area (Å²) in [4.78, 5) is 25.4. The number of rotatable bonds is 5. The second-order valence-corrected chi connectivity index (χ2v) is 5.00. The van der Waals surface area contributed by atoms with Gasteiger partial charge in [0.2, 0.25) is 0 Å². The van der Waals surface area contributed by atoms with Crippen LogP contribution in [0.25, 0.3) is 4.96 Å². The average molecular weight is 273 g/mol. The first kappa shape index (κ1) is 11.9. The van der Waals surface area contributed by atoms with E-state index in [0.29, 0.717) is 4.96 Å². The predicted molar refractivity (Wildman–Crippen MR) is 62.7 cm³/mol. The third kappa shape index (κ3) is 2.39. The molecule has 2 heterocycles. The van der Waals surface area contributed by atoms with Gasteiger partial charge in [0.25, 0.3) is 4.96 Å². The van der Waals surface area contributed by atoms with Crippen LogP contribution in [0.2, 0.25) is 0 Å². The van der Waals surface area contributed by atoms with Gasteiger partial charge in [0.1, 0.15) is 6.20 Å². The van der Waals surface area contributed by atoms with Crippen LogP contribution < -0.4 is 0 Å². The Morgan fingerprint density at radius 3 is 3.12 bits per heavy atom. The van der Waals surface area contributed by atoms with Gasteiger partial charge in [0, 0.05) is 11.1 Å². The van der Waals surface area contributed by atoms with Crippen LogP contribution in [-0.4, -0.2) is 31.1 Å². The van der Waals surface area contributed by atoms with E-state index in [1.165, 1.54) is 15.7 Å². The molecular weight excluding hydrogens is 266 g/mol. The number of carboxylic acids is 1. The van der Waals surface area contributed by atoms with Crippen molar-refractivity contribution >= 4 is 39.8 Å². The standard InChI is InChI=1S/C8H7N3O4S2/c12-5(13)1-3-16-6-7(11(14)15)10-2-4-17-8(10)9-6/h2,4H,1,3H2,(H,12,13). The van der Waals surface area contributed by atoms with Crippen LogP contribution in [-0.2, 0) is 4.79 Å². The monoisotopic (exact) mass is 273 g/mol. The third-order valence-electron chi connectivity index (χ3n) is 1.93. The number of carbonyl (C=O) groups is 1. The molecule has 0 amide bonds. The maximum Gasteiger partial charge on any atom is 0.362 e. The fourth-order valence-electron chi connectivity index (χ4n) is 1.25. The largest absolute Gasteiger partial charge is 0.481 e. The number of aromatic nitrogens is 2. The lowest BCUT2D eigenvalue weighted by atomic mass is 10.5. The van der Waals surface area contributed by atoms with Crippen molar-refractivity contribution in [2.45, 2.75) is 11.4 Å². The molecule has 2 aromatic rings. The van der Waals surface area contributed by atoms with Crippen molar-refractivity contribution in [3.8, 4) is 0 Å². The molecule has 1 N–H and O–H groups in total. The molecule has 9 heteroatoms. The third-order valence-corrected chi connectivity index (χ3v) is 3.65. The number of aliphatic carboxylic acids is 1. The van der Waals surface area contributed by atoms with Gasteiger partial charge >= 0.3 is 11.8 Å². The van der Waals surface area contributed by atoms with Gasteiger partial charge in [0.05, 0.1) is 6.42 Å². The quantitative estimate of drug-likeness (QED) is 0.507. The molecule has 0 saturated carbocycles. The number of hydrogen-bond acceptors (Lipinski definition) is 6. The van der Waals surface area contributed by atoms with E-state index in [2.05, 4.69) is 4.98 Å². The first-order chi connectivity index (χ1) is 8.09. The lowest BCUT2D eigenvalue weighted by molar-refractivity contribution is -0.393. The molecule has 0 aliphatic carbocycles. The molecule has 0 fully saturated rings. The molecule has 2 aromatic heterocycles. The van der Waals surface area contributed by atoms with Gasteiger partial charge in [-0.25, -0.2) is 0 Å². The predicted octanol–water partition coefficient (Wildman–Crippen LogP) is 1.87. The van der Waals surface area contributed by atoms with Crippen molar-refractivity contribution < 1.29 is 14.8 Å². The highest BCUT2D eigenvalue weighted by Gasteiger charge is 2.23. The molecule has 0 spiro atoms. The minimum Gasteiger partial charge on any atom is -0.481 e. The van der Waals surface area contributed by atoms with Gasteiger partial charge in [0.15, 0.2) is 5.03 Å². The highest BCUT2D eigenvalue weighted by molar-refractivity contribution is 7.99. The van der Waals surface area contributed by atoms with Crippen LogP contribution in [0, 0.1) is 10.1 Å². The minimum absolute atomic E-state index is 0.0486. The van der Waals surface area contributed by atoms with E-state index in [9.17, 15) is 14.9 Å². The molecule has 7 nitrogen and oxygen atoms in total. The molecule has 0 saturated heterocycles. The Bertz CT molecular complexity index is 576. The van der Waals surface area contributed by atoms with E-state index in [1.807, 2.05) is 0 Å². The van der Waals surface area contributed by atoms with E-state index >= 15 is 0 Å². The van der Waals surface area contributed by atoms with Crippen LogP contribution in [0.4, 0.5) is 5.82 Å². The van der Waals surface area contributed by atoms with Crippen molar-refractivity contribution in [1.29, 1.82) is 0 Å². The molecule has 90 valence electrons. The van der Waals surface area contributed by atoms with Crippen molar-refractivity contribution in [2.75, 3.05) is 5.75 Å². The minimum atomic E-state index is -0.929. The summed E-state index contributed by atoms with van der Waals surface area (Å²) in [7, 11) is 0. The molecular formula is C8H7N3O4S2. The van der Waals surface area contributed by atoms with Gasteiger partial charge in [-0.1, -0.05) is 23.1 Å². The Hall–Kier alpha value is -1.61. The number of imidazole rings is 1. The number of nitrogens with zero attached hydrogens (tertiary/aromatic N) is 3. The molecule has 0 atom stereocenters. The molecule has 0 unspecified atom stereocenters. The summed E-state index contributed by atoms with van der Waals surface area (Å²) in [6.45, 7) is 0. The maximum atomic E-state index is 10.9. The van der Waals surface area contributed by atoms with Crippen LogP contribution in [0.15, 0.2) is 16.6 Å². The molecule has 0 aromatic carbocycles. The summed E-state index contributed by atoms with van der Waals surface area (Å²) < 4.78 is 1.40. The highest BCUT2D eigenvalue weighted by Crippen LogP contribution is 2.31. The van der Waals surface area contributed by atoms with E-state index in [0.717, 1.165) is 11.8 Å². The Labute approximate surface area is 103 Å². The van der Waals surface area contributed by atoms with E-state index < -0.39 is 10.9 Å². The molecule has 0 aliphatic heterocycles. The Morgan fingerprint density at radius 2 is 2.47 bits per heavy atom. The Balaban J connectivity index is 2.26. The summed E-state index contributed by atoms with van der Waals surface area (Å²) >= 11 is 2.38. The fraction of sp³-hybridized carbons (Fsp3) is 0.250. The van der Waals surface area contributed by atoms with Gasteiger partial charge in [-0.2, -0.15) is 9.38 Å². The number of thioether (sulfide) groups is 1. The molecule has 0 aliphatic rings. The second kappa shape index (κ2) is 4.72. The Kier molecular flexibility index (Phi) is 3.29. The zero-order chi connectivity index (χ0) is 12.4. The smallest absolute Gasteiger partial charge is 0.362 e. The maximum absolute atomic E-state index is 10.9. The van der Waals surface area contributed by atoms with E-state index in [-0.39, 0.29) is 23.0 Å². The molecule has 2 rings (SSSR count). The van der Waals surface area contributed by atoms with Crippen molar-refractivity contribution in [3.05, 3.63) is 21.7 Å². The van der Waals surface area contributed by atoms with Crippen LogP contribution in [0.1, 0.15) is 6.42 Å². The van der Waals surface area contributed by atoms with E-state index in [1.54, 1.807) is 11.6 Å². The molecule has 17 heavy (non-hydrogen) atoms. The van der Waals surface area contributed by atoms with Gasteiger partial charge in [-0.05, 0) is 4.92 Å². The van der Waals surface area contributed by atoms with Crippen molar-refractivity contribution in [3.63, 3.8) is 0 Å². The topological polar surface area (TPSA) is 97.7 Å². The normalized spacial score (nSPS) is 10.8. The van der Waals surface area contributed by atoms with Gasteiger partial charge in [-0.15, -0.1) is 0 Å². The SMILES string of the molecule is O=C(O)CCSc1nc2sccn2c1[N+](=O)[O-]. The summed E-state index contributed by atoms with van der Waals surface area (Å²) in [5, 5.41) is 21.4. The summed E-state index contributed by atoms with van der Waals surface area (Å²) in [6.07, 6.45) is 1.53. The number of hydrogen-bond donors (Lipinski definition) is 1. The number of carboxylic acid groups (broad SMARTS) is 1. The second-order valence-electron chi connectivity index (χ2n) is 3.05. The Morgan fingerprint density at radius 1 is 1.71 bits per heavy atom. The first-order valence-corrected chi connectivity index (χ1v) is 6.40. The molecule has 0 bridgehead atoms. The van der Waals surface area contributed by atoms with Crippen molar-refractivity contribution in [1.82, 2.24) is 9.38 Å². The van der Waals surface area contributed by atoms with Crippen LogP contribution >= 0.6 is 23.1 Å². The average Bonchev–Trinajstić information content (AvgIpc) is 2.75. The van der Waals surface area contributed by atoms with Crippen LogP contribution in [0.3, 0.4) is 0 Å². The highest BCUT2D eigenvalue weighted by atomic mass is 32.2. The van der Waals surface area contributed by atoms with E-state index in [4.69, 9.17) is 5.11 Å². The van der Waals surface area contributed by atoms with Gasteiger partial charge < -0.3 is 15.2 Å². The number of nitro groups is 1.